The lowest BCUT2D eigenvalue weighted by Crippen LogP contribution is -2.43. The van der Waals surface area contributed by atoms with E-state index < -0.39 is 10.2 Å². The Morgan fingerprint density at radius 2 is 1.62 bits per heavy atom. The molecule has 0 bridgehead atoms. The van der Waals surface area contributed by atoms with Crippen molar-refractivity contribution in [1.29, 1.82) is 0 Å². The third kappa shape index (κ3) is 3.84. The van der Waals surface area contributed by atoms with Gasteiger partial charge in [-0.05, 0) is 37.2 Å². The van der Waals surface area contributed by atoms with Crippen LogP contribution in [0.1, 0.15) is 50.1 Å². The van der Waals surface area contributed by atoms with Crippen molar-refractivity contribution in [3.8, 4) is 0 Å². The van der Waals surface area contributed by atoms with E-state index in [9.17, 15) is 8.42 Å². The molecule has 1 saturated carbocycles. The average Bonchev–Trinajstić information content (AvgIpc) is 3.32. The third-order valence-electron chi connectivity index (χ3n) is 4.43. The second-order valence-electron chi connectivity index (χ2n) is 6.16. The number of benzene rings is 1. The maximum Gasteiger partial charge on any atom is 0.280 e. The Hall–Kier alpha value is -0.910. The first-order valence-corrected chi connectivity index (χ1v) is 9.43. The summed E-state index contributed by atoms with van der Waals surface area (Å²) in [6.45, 7) is 1.31. The van der Waals surface area contributed by atoms with Gasteiger partial charge in [-0.1, -0.05) is 43.2 Å². The summed E-state index contributed by atoms with van der Waals surface area (Å²) in [7, 11) is -3.38. The lowest BCUT2D eigenvalue weighted by molar-refractivity contribution is 0.403. The third-order valence-corrected chi connectivity index (χ3v) is 6.03. The summed E-state index contributed by atoms with van der Waals surface area (Å²) >= 11 is 0. The lowest BCUT2D eigenvalue weighted by atomic mass is 10.0. The molecule has 3 rings (SSSR count). The Balaban J connectivity index is 1.75. The fourth-order valence-corrected chi connectivity index (χ4v) is 4.58. The fraction of sp³-hybridized carbons (Fsp3) is 0.625. The van der Waals surface area contributed by atoms with Crippen molar-refractivity contribution in [2.24, 2.45) is 5.92 Å². The highest BCUT2D eigenvalue weighted by Gasteiger charge is 2.36. The maximum atomic E-state index is 12.7. The van der Waals surface area contributed by atoms with E-state index in [0.717, 1.165) is 44.1 Å². The predicted octanol–water partition coefficient (Wildman–Crippen LogP) is 2.85. The molecule has 4 nitrogen and oxygen atoms in total. The van der Waals surface area contributed by atoms with Crippen LogP contribution < -0.4 is 4.72 Å². The van der Waals surface area contributed by atoms with Gasteiger partial charge in [-0.2, -0.15) is 17.4 Å². The highest BCUT2D eigenvalue weighted by molar-refractivity contribution is 7.87. The quantitative estimate of drug-likeness (QED) is 0.909. The summed E-state index contributed by atoms with van der Waals surface area (Å²) in [6, 6.07) is 9.90. The van der Waals surface area contributed by atoms with Gasteiger partial charge in [0.1, 0.15) is 0 Å². The minimum atomic E-state index is -3.38. The molecule has 0 radical (unpaired) electrons. The standard InChI is InChI=1S/C16H24N2O2S/c19-21(20,18-12-6-1-2-7-13-18)17-16(15-10-11-15)14-8-4-3-5-9-14/h3-5,8-9,15-17H,1-2,6-7,10-13H2/t16-/m0/s1. The Kier molecular flexibility index (Phi) is 4.62. The van der Waals surface area contributed by atoms with Crippen molar-refractivity contribution in [3.05, 3.63) is 35.9 Å². The van der Waals surface area contributed by atoms with Gasteiger partial charge in [-0.15, -0.1) is 0 Å². The SMILES string of the molecule is O=S(=O)(N[C@@H](c1ccccc1)C1CC1)N1CCCCCC1. The Bertz CT molecular complexity index is 547. The Morgan fingerprint density at radius 3 is 2.19 bits per heavy atom. The molecule has 2 fully saturated rings. The van der Waals surface area contributed by atoms with Gasteiger partial charge in [0, 0.05) is 13.1 Å². The number of hydrogen-bond donors (Lipinski definition) is 1. The highest BCUT2D eigenvalue weighted by Crippen LogP contribution is 2.41. The molecular weight excluding hydrogens is 284 g/mol. The minimum absolute atomic E-state index is 0.0700. The monoisotopic (exact) mass is 308 g/mol. The molecule has 21 heavy (non-hydrogen) atoms. The van der Waals surface area contributed by atoms with Gasteiger partial charge in [-0.25, -0.2) is 0 Å². The molecule has 5 heteroatoms. The zero-order valence-corrected chi connectivity index (χ0v) is 13.2. The smallest absolute Gasteiger partial charge is 0.195 e. The molecule has 116 valence electrons. The summed E-state index contributed by atoms with van der Waals surface area (Å²) in [5, 5.41) is 0. The summed E-state index contributed by atoms with van der Waals surface area (Å²) in [4.78, 5) is 0. The normalized spacial score (nSPS) is 22.7. The van der Waals surface area contributed by atoms with Crippen molar-refractivity contribution in [3.63, 3.8) is 0 Å². The van der Waals surface area contributed by atoms with E-state index in [0.29, 0.717) is 19.0 Å². The van der Waals surface area contributed by atoms with Crippen LogP contribution in [0, 0.1) is 5.92 Å². The topological polar surface area (TPSA) is 49.4 Å². The van der Waals surface area contributed by atoms with Crippen LogP contribution >= 0.6 is 0 Å². The van der Waals surface area contributed by atoms with Gasteiger partial charge in [0.15, 0.2) is 0 Å². The molecule has 1 heterocycles. The van der Waals surface area contributed by atoms with E-state index in [1.807, 2.05) is 30.3 Å². The second-order valence-corrected chi connectivity index (χ2v) is 7.86. The molecular formula is C16H24N2O2S. The van der Waals surface area contributed by atoms with Crippen LogP contribution in [0.3, 0.4) is 0 Å². The van der Waals surface area contributed by atoms with Crippen LogP contribution in [0.5, 0.6) is 0 Å². The molecule has 0 aromatic heterocycles. The van der Waals surface area contributed by atoms with Gasteiger partial charge in [0.2, 0.25) is 0 Å². The molecule has 0 unspecified atom stereocenters. The van der Waals surface area contributed by atoms with Gasteiger partial charge in [-0.3, -0.25) is 0 Å². The fourth-order valence-electron chi connectivity index (χ4n) is 3.04. The molecule has 0 amide bonds. The maximum absolute atomic E-state index is 12.7. The first-order chi connectivity index (χ1) is 10.2. The summed E-state index contributed by atoms with van der Waals surface area (Å²) in [5.41, 5.74) is 1.08. The molecule has 0 spiro atoms. The van der Waals surface area contributed by atoms with Gasteiger partial charge < -0.3 is 0 Å². The van der Waals surface area contributed by atoms with E-state index in [-0.39, 0.29) is 6.04 Å². The zero-order chi connectivity index (χ0) is 14.7. The van der Waals surface area contributed by atoms with E-state index in [4.69, 9.17) is 0 Å². The summed E-state index contributed by atoms with van der Waals surface area (Å²) in [6.07, 6.45) is 6.44. The van der Waals surface area contributed by atoms with Crippen LogP contribution in [0.2, 0.25) is 0 Å². The predicted molar refractivity (Wildman–Crippen MR) is 84.0 cm³/mol. The van der Waals surface area contributed by atoms with Crippen molar-refractivity contribution in [2.75, 3.05) is 13.1 Å². The van der Waals surface area contributed by atoms with E-state index >= 15 is 0 Å². The molecule has 1 aliphatic heterocycles. The van der Waals surface area contributed by atoms with Crippen molar-refractivity contribution < 1.29 is 8.42 Å². The van der Waals surface area contributed by atoms with Crippen LogP contribution in [-0.4, -0.2) is 25.8 Å². The Labute approximate surface area is 127 Å². The highest BCUT2D eigenvalue weighted by atomic mass is 32.2. The average molecular weight is 308 g/mol. The van der Waals surface area contributed by atoms with Gasteiger partial charge >= 0.3 is 0 Å². The van der Waals surface area contributed by atoms with E-state index in [1.165, 1.54) is 0 Å². The second kappa shape index (κ2) is 6.46. The van der Waals surface area contributed by atoms with Crippen molar-refractivity contribution in [1.82, 2.24) is 9.03 Å². The van der Waals surface area contributed by atoms with Crippen LogP contribution in [0.15, 0.2) is 30.3 Å². The lowest BCUT2D eigenvalue weighted by Gasteiger charge is -2.25. The number of hydrogen-bond acceptors (Lipinski definition) is 2. The van der Waals surface area contributed by atoms with E-state index in [2.05, 4.69) is 4.72 Å². The largest absolute Gasteiger partial charge is 0.280 e. The molecule has 1 aromatic rings. The van der Waals surface area contributed by atoms with Gasteiger partial charge in [0.25, 0.3) is 10.2 Å². The number of nitrogens with zero attached hydrogens (tertiary/aromatic N) is 1. The zero-order valence-electron chi connectivity index (χ0n) is 12.4. The molecule has 1 aliphatic carbocycles. The van der Waals surface area contributed by atoms with E-state index in [1.54, 1.807) is 4.31 Å². The van der Waals surface area contributed by atoms with Crippen molar-refractivity contribution >= 4 is 10.2 Å². The van der Waals surface area contributed by atoms with Gasteiger partial charge in [0.05, 0.1) is 6.04 Å². The molecule has 1 saturated heterocycles. The molecule has 1 N–H and O–H groups in total. The molecule has 1 aromatic carbocycles. The summed E-state index contributed by atoms with van der Waals surface area (Å²) < 4.78 is 29.9. The molecule has 1 atom stereocenters. The number of nitrogens with one attached hydrogen (secondary N) is 1. The molecule has 2 aliphatic rings. The van der Waals surface area contributed by atoms with Crippen LogP contribution in [-0.2, 0) is 10.2 Å². The minimum Gasteiger partial charge on any atom is -0.195 e. The van der Waals surface area contributed by atoms with Crippen LogP contribution in [0.4, 0.5) is 0 Å². The Morgan fingerprint density at radius 1 is 1.00 bits per heavy atom. The number of rotatable bonds is 5. The summed E-state index contributed by atoms with van der Waals surface area (Å²) in [5.74, 6) is 0.453. The first kappa shape index (κ1) is 15.0. The van der Waals surface area contributed by atoms with Crippen molar-refractivity contribution in [2.45, 2.75) is 44.6 Å². The first-order valence-electron chi connectivity index (χ1n) is 7.99. The van der Waals surface area contributed by atoms with Crippen LogP contribution in [0.25, 0.3) is 0 Å².